The summed E-state index contributed by atoms with van der Waals surface area (Å²) in [5, 5.41) is 12.0. The highest BCUT2D eigenvalue weighted by molar-refractivity contribution is 5.65. The maximum absolute atomic E-state index is 13.2. The molecule has 150 valence electrons. The van der Waals surface area contributed by atoms with Crippen LogP contribution >= 0.6 is 0 Å². The van der Waals surface area contributed by atoms with Gasteiger partial charge in [-0.1, -0.05) is 6.07 Å². The van der Waals surface area contributed by atoms with Crippen LogP contribution < -0.4 is 5.32 Å². The summed E-state index contributed by atoms with van der Waals surface area (Å²) in [6.45, 7) is 4.27. The van der Waals surface area contributed by atoms with Crippen LogP contribution in [-0.4, -0.2) is 39.2 Å². The van der Waals surface area contributed by atoms with E-state index in [0.717, 1.165) is 12.1 Å². The van der Waals surface area contributed by atoms with Gasteiger partial charge in [0.05, 0.1) is 5.56 Å². The average molecular weight is 394 g/mol. The predicted molar refractivity (Wildman–Crippen MR) is 97.8 cm³/mol. The SMILES string of the molecule is Cc1cc(C)nc(Nc2cc(C(F)(F)F)ccc2C2CCN(C(=O)O)CC2)n1. The third kappa shape index (κ3) is 4.52. The number of hydrogen-bond acceptors (Lipinski definition) is 4. The van der Waals surface area contributed by atoms with E-state index in [-0.39, 0.29) is 11.9 Å². The molecule has 6 nitrogen and oxygen atoms in total. The van der Waals surface area contributed by atoms with Gasteiger partial charge in [0.15, 0.2) is 0 Å². The van der Waals surface area contributed by atoms with Crippen molar-refractivity contribution in [3.05, 3.63) is 46.8 Å². The molecule has 28 heavy (non-hydrogen) atoms. The van der Waals surface area contributed by atoms with Gasteiger partial charge >= 0.3 is 12.3 Å². The van der Waals surface area contributed by atoms with Gasteiger partial charge in [-0.25, -0.2) is 14.8 Å². The normalized spacial score (nSPS) is 15.5. The number of halogens is 3. The Morgan fingerprint density at radius 3 is 2.29 bits per heavy atom. The quantitative estimate of drug-likeness (QED) is 0.788. The van der Waals surface area contributed by atoms with Gasteiger partial charge in [-0.15, -0.1) is 0 Å². The van der Waals surface area contributed by atoms with Crippen molar-refractivity contribution in [1.82, 2.24) is 14.9 Å². The molecule has 1 aliphatic rings. The average Bonchev–Trinajstić information content (AvgIpc) is 2.60. The summed E-state index contributed by atoms with van der Waals surface area (Å²) in [6.07, 6.45) is -4.36. The summed E-state index contributed by atoms with van der Waals surface area (Å²) < 4.78 is 39.7. The molecule has 9 heteroatoms. The molecule has 1 amide bonds. The Labute approximate surface area is 160 Å². The molecular formula is C19H21F3N4O2. The minimum Gasteiger partial charge on any atom is -0.465 e. The second-order valence-corrected chi connectivity index (χ2v) is 6.94. The van der Waals surface area contributed by atoms with Crippen LogP contribution in [0.15, 0.2) is 24.3 Å². The topological polar surface area (TPSA) is 78.4 Å². The standard InChI is InChI=1S/C19H21F3N4O2/c1-11-9-12(2)24-17(23-11)25-16-10-14(19(20,21)22)3-4-15(16)13-5-7-26(8-6-13)18(27)28/h3-4,9-10,13H,5-8H2,1-2H3,(H,27,28)(H,23,24,25). The fourth-order valence-corrected chi connectivity index (χ4v) is 3.48. The van der Waals surface area contributed by atoms with E-state index in [2.05, 4.69) is 15.3 Å². The molecular weight excluding hydrogens is 373 g/mol. The number of anilines is 2. The van der Waals surface area contributed by atoms with Gasteiger partial charge in [-0.3, -0.25) is 0 Å². The Hall–Kier alpha value is -2.84. The van der Waals surface area contributed by atoms with E-state index in [9.17, 15) is 18.0 Å². The number of nitrogens with one attached hydrogen (secondary N) is 1. The van der Waals surface area contributed by atoms with Crippen molar-refractivity contribution in [2.24, 2.45) is 0 Å². The number of piperidine rings is 1. The smallest absolute Gasteiger partial charge is 0.416 e. The van der Waals surface area contributed by atoms with E-state index < -0.39 is 17.8 Å². The van der Waals surface area contributed by atoms with Crippen molar-refractivity contribution < 1.29 is 23.1 Å². The molecule has 1 fully saturated rings. The first-order valence-electron chi connectivity index (χ1n) is 8.92. The van der Waals surface area contributed by atoms with E-state index in [4.69, 9.17) is 5.11 Å². The third-order valence-electron chi connectivity index (χ3n) is 4.81. The van der Waals surface area contributed by atoms with Gasteiger partial charge in [-0.2, -0.15) is 13.2 Å². The van der Waals surface area contributed by atoms with Crippen LogP contribution in [0.1, 0.15) is 41.3 Å². The van der Waals surface area contributed by atoms with E-state index >= 15 is 0 Å². The number of alkyl halides is 3. The summed E-state index contributed by atoms with van der Waals surface area (Å²) in [4.78, 5) is 20.9. The Bertz CT molecular complexity index is 858. The van der Waals surface area contributed by atoms with Crippen LogP contribution in [0.4, 0.5) is 29.6 Å². The number of aromatic nitrogens is 2. The van der Waals surface area contributed by atoms with Gasteiger partial charge in [0.25, 0.3) is 0 Å². The second-order valence-electron chi connectivity index (χ2n) is 6.94. The first-order valence-corrected chi connectivity index (χ1v) is 8.92. The molecule has 1 saturated heterocycles. The number of carboxylic acid groups (broad SMARTS) is 1. The number of carbonyl (C=O) groups is 1. The Kier molecular flexibility index (Phi) is 5.44. The monoisotopic (exact) mass is 394 g/mol. The summed E-state index contributed by atoms with van der Waals surface area (Å²) >= 11 is 0. The fraction of sp³-hybridized carbons (Fsp3) is 0.421. The van der Waals surface area contributed by atoms with Crippen molar-refractivity contribution in [3.8, 4) is 0 Å². The lowest BCUT2D eigenvalue weighted by Crippen LogP contribution is -2.36. The Morgan fingerprint density at radius 2 is 1.75 bits per heavy atom. The minimum atomic E-state index is -4.47. The van der Waals surface area contributed by atoms with Crippen LogP contribution in [0, 0.1) is 13.8 Å². The van der Waals surface area contributed by atoms with E-state index in [1.54, 1.807) is 19.9 Å². The second kappa shape index (κ2) is 7.65. The lowest BCUT2D eigenvalue weighted by molar-refractivity contribution is -0.137. The zero-order chi connectivity index (χ0) is 20.5. The number of rotatable bonds is 3. The molecule has 1 aromatic heterocycles. The Morgan fingerprint density at radius 1 is 1.14 bits per heavy atom. The first kappa shape index (κ1) is 19.9. The molecule has 0 saturated carbocycles. The minimum absolute atomic E-state index is 0.0497. The van der Waals surface area contributed by atoms with Gasteiger partial charge in [-0.05, 0) is 56.4 Å². The van der Waals surface area contributed by atoms with Crippen molar-refractivity contribution in [3.63, 3.8) is 0 Å². The number of nitrogens with zero attached hydrogens (tertiary/aromatic N) is 3. The number of likely N-dealkylation sites (tertiary alicyclic amines) is 1. The Balaban J connectivity index is 1.94. The lowest BCUT2D eigenvalue weighted by Gasteiger charge is -2.31. The van der Waals surface area contributed by atoms with Gasteiger partial charge in [0, 0.05) is 30.2 Å². The highest BCUT2D eigenvalue weighted by Gasteiger charge is 2.32. The van der Waals surface area contributed by atoms with E-state index in [1.165, 1.54) is 11.0 Å². The zero-order valence-electron chi connectivity index (χ0n) is 15.5. The summed E-state index contributed by atoms with van der Waals surface area (Å²) in [7, 11) is 0. The summed E-state index contributed by atoms with van der Waals surface area (Å²) in [6, 6.07) is 5.38. The lowest BCUT2D eigenvalue weighted by atomic mass is 9.87. The van der Waals surface area contributed by atoms with Crippen LogP contribution in [-0.2, 0) is 6.18 Å². The molecule has 0 atom stereocenters. The van der Waals surface area contributed by atoms with Crippen LogP contribution in [0.2, 0.25) is 0 Å². The molecule has 0 aliphatic carbocycles. The van der Waals surface area contributed by atoms with E-state index in [0.29, 0.717) is 48.6 Å². The van der Waals surface area contributed by atoms with Crippen LogP contribution in [0.5, 0.6) is 0 Å². The van der Waals surface area contributed by atoms with Crippen LogP contribution in [0.25, 0.3) is 0 Å². The zero-order valence-corrected chi connectivity index (χ0v) is 15.5. The molecule has 0 unspecified atom stereocenters. The molecule has 2 heterocycles. The van der Waals surface area contributed by atoms with Gasteiger partial charge < -0.3 is 15.3 Å². The van der Waals surface area contributed by atoms with Crippen molar-refractivity contribution in [1.29, 1.82) is 0 Å². The molecule has 1 aliphatic heterocycles. The van der Waals surface area contributed by atoms with E-state index in [1.807, 2.05) is 0 Å². The fourth-order valence-electron chi connectivity index (χ4n) is 3.48. The van der Waals surface area contributed by atoms with Gasteiger partial charge in [0.1, 0.15) is 0 Å². The number of amides is 1. The maximum Gasteiger partial charge on any atom is 0.416 e. The maximum atomic E-state index is 13.2. The van der Waals surface area contributed by atoms with Gasteiger partial charge in [0.2, 0.25) is 5.95 Å². The largest absolute Gasteiger partial charge is 0.465 e. The van der Waals surface area contributed by atoms with Crippen molar-refractivity contribution in [2.45, 2.75) is 38.8 Å². The summed E-state index contributed by atoms with van der Waals surface area (Å²) in [5.41, 5.74) is 1.66. The summed E-state index contributed by atoms with van der Waals surface area (Å²) in [5.74, 6) is 0.187. The molecule has 0 radical (unpaired) electrons. The molecule has 0 spiro atoms. The molecule has 3 rings (SSSR count). The molecule has 0 bridgehead atoms. The predicted octanol–water partition coefficient (Wildman–Crippen LogP) is 4.71. The first-order chi connectivity index (χ1) is 13.1. The third-order valence-corrected chi connectivity index (χ3v) is 4.81. The van der Waals surface area contributed by atoms with Crippen molar-refractivity contribution >= 4 is 17.7 Å². The molecule has 2 N–H and O–H groups in total. The highest BCUT2D eigenvalue weighted by Crippen LogP contribution is 2.38. The molecule has 1 aromatic carbocycles. The molecule has 2 aromatic rings. The number of aryl methyl sites for hydroxylation is 2. The number of hydrogen-bond donors (Lipinski definition) is 2. The van der Waals surface area contributed by atoms with Crippen LogP contribution in [0.3, 0.4) is 0 Å². The van der Waals surface area contributed by atoms with Crippen molar-refractivity contribution in [2.75, 3.05) is 18.4 Å². The number of benzene rings is 1. The highest BCUT2D eigenvalue weighted by atomic mass is 19.4.